The second-order valence-electron chi connectivity index (χ2n) is 8.61. The Morgan fingerprint density at radius 1 is 0.909 bits per heavy atom. The first-order chi connectivity index (χ1) is 16.2. The van der Waals surface area contributed by atoms with Crippen LogP contribution in [0.15, 0.2) is 72.9 Å². The molecule has 168 valence electrons. The van der Waals surface area contributed by atoms with Gasteiger partial charge in [0.1, 0.15) is 0 Å². The van der Waals surface area contributed by atoms with E-state index in [0.29, 0.717) is 6.42 Å². The van der Waals surface area contributed by atoms with E-state index in [2.05, 4.69) is 53.3 Å². The molecular formula is C28H29N3O2. The van der Waals surface area contributed by atoms with Crippen molar-refractivity contribution in [3.8, 4) is 5.69 Å². The third kappa shape index (κ3) is 4.69. The molecule has 0 bridgehead atoms. The van der Waals surface area contributed by atoms with Gasteiger partial charge in [0.15, 0.2) is 5.78 Å². The molecule has 1 aliphatic heterocycles. The molecule has 0 amide bonds. The lowest BCUT2D eigenvalue weighted by atomic mass is 10.0. The molecule has 0 saturated carbocycles. The zero-order chi connectivity index (χ0) is 22.6. The van der Waals surface area contributed by atoms with Crippen molar-refractivity contribution in [1.82, 2.24) is 9.78 Å². The molecule has 0 radical (unpaired) electrons. The highest BCUT2D eigenvalue weighted by Gasteiger charge is 2.13. The van der Waals surface area contributed by atoms with Gasteiger partial charge in [0.2, 0.25) is 0 Å². The van der Waals surface area contributed by atoms with Crippen LogP contribution in [-0.2, 0) is 17.6 Å². The maximum Gasteiger partial charge on any atom is 0.167 e. The molecule has 1 fully saturated rings. The minimum Gasteiger partial charge on any atom is -0.378 e. The summed E-state index contributed by atoms with van der Waals surface area (Å²) in [7, 11) is 0. The molecule has 4 aromatic rings. The van der Waals surface area contributed by atoms with Crippen LogP contribution in [0.5, 0.6) is 0 Å². The van der Waals surface area contributed by atoms with Crippen molar-refractivity contribution < 1.29 is 9.53 Å². The number of Topliss-reactive ketones (excluding diaryl/α,β-unsaturated/α-hetero) is 1. The van der Waals surface area contributed by atoms with Crippen molar-refractivity contribution in [2.24, 2.45) is 0 Å². The minimum atomic E-state index is 0.127. The number of carbonyl (C=O) groups is 1. The topological polar surface area (TPSA) is 47.4 Å². The normalized spacial score (nSPS) is 14.0. The van der Waals surface area contributed by atoms with Crippen molar-refractivity contribution in [2.45, 2.75) is 26.2 Å². The first-order valence-corrected chi connectivity index (χ1v) is 11.7. The summed E-state index contributed by atoms with van der Waals surface area (Å²) in [5, 5.41) is 5.63. The van der Waals surface area contributed by atoms with E-state index >= 15 is 0 Å². The average Bonchev–Trinajstić information content (AvgIpc) is 3.29. The lowest BCUT2D eigenvalue weighted by Gasteiger charge is -2.28. The standard InChI is InChI=1S/C28H29N3O2/c1-2-3-21-4-9-26(10-5-21)31-27-13-6-22(18-24(27)20-29-31)19-28(32)23-7-11-25(12-8-23)30-14-16-33-17-15-30/h4-13,18,20H,2-3,14-17,19H2,1H3. The molecule has 33 heavy (non-hydrogen) atoms. The molecule has 1 aromatic heterocycles. The Kier molecular flexibility index (Phi) is 6.22. The van der Waals surface area contributed by atoms with E-state index in [9.17, 15) is 4.79 Å². The second kappa shape index (κ2) is 9.59. The third-order valence-corrected chi connectivity index (χ3v) is 6.28. The number of benzene rings is 3. The van der Waals surface area contributed by atoms with Crippen LogP contribution in [0.25, 0.3) is 16.6 Å². The van der Waals surface area contributed by atoms with Crippen LogP contribution >= 0.6 is 0 Å². The van der Waals surface area contributed by atoms with Crippen molar-refractivity contribution in [2.75, 3.05) is 31.2 Å². The molecule has 0 atom stereocenters. The molecule has 3 aromatic carbocycles. The summed E-state index contributed by atoms with van der Waals surface area (Å²) in [6.45, 7) is 5.49. The number of hydrogen-bond donors (Lipinski definition) is 0. The van der Waals surface area contributed by atoms with Gasteiger partial charge in [-0.2, -0.15) is 5.10 Å². The predicted octanol–water partition coefficient (Wildman–Crippen LogP) is 5.24. The summed E-state index contributed by atoms with van der Waals surface area (Å²) >= 11 is 0. The lowest BCUT2D eigenvalue weighted by molar-refractivity contribution is 0.0993. The van der Waals surface area contributed by atoms with Gasteiger partial charge in [-0.25, -0.2) is 4.68 Å². The Balaban J connectivity index is 1.30. The van der Waals surface area contributed by atoms with Crippen LogP contribution in [0.3, 0.4) is 0 Å². The molecule has 5 rings (SSSR count). The summed E-state index contributed by atoms with van der Waals surface area (Å²) < 4.78 is 7.38. The summed E-state index contributed by atoms with van der Waals surface area (Å²) in [5.41, 5.74) is 6.33. The fourth-order valence-electron chi connectivity index (χ4n) is 4.46. The lowest BCUT2D eigenvalue weighted by Crippen LogP contribution is -2.36. The zero-order valence-corrected chi connectivity index (χ0v) is 19.0. The van der Waals surface area contributed by atoms with Crippen LogP contribution in [0, 0.1) is 0 Å². The average molecular weight is 440 g/mol. The van der Waals surface area contributed by atoms with E-state index in [0.717, 1.165) is 72.5 Å². The van der Waals surface area contributed by atoms with Crippen LogP contribution < -0.4 is 4.90 Å². The number of aryl methyl sites for hydroxylation is 1. The predicted molar refractivity (Wildman–Crippen MR) is 133 cm³/mol. The third-order valence-electron chi connectivity index (χ3n) is 6.28. The fraction of sp³-hybridized carbons (Fsp3) is 0.286. The van der Waals surface area contributed by atoms with Crippen LogP contribution in [0.1, 0.15) is 34.8 Å². The van der Waals surface area contributed by atoms with Crippen LogP contribution in [0.2, 0.25) is 0 Å². The van der Waals surface area contributed by atoms with Gasteiger partial charge in [-0.3, -0.25) is 4.79 Å². The monoisotopic (exact) mass is 439 g/mol. The highest BCUT2D eigenvalue weighted by molar-refractivity contribution is 5.98. The van der Waals surface area contributed by atoms with E-state index < -0.39 is 0 Å². The number of fused-ring (bicyclic) bond motifs is 1. The molecule has 1 aliphatic rings. The van der Waals surface area contributed by atoms with Gasteiger partial charge in [-0.1, -0.05) is 31.5 Å². The molecule has 5 heteroatoms. The summed E-state index contributed by atoms with van der Waals surface area (Å²) in [6, 6.07) is 22.7. The Labute approximate surface area is 194 Å². The molecule has 0 N–H and O–H groups in total. The van der Waals surface area contributed by atoms with Crippen molar-refractivity contribution >= 4 is 22.4 Å². The smallest absolute Gasteiger partial charge is 0.167 e. The number of aromatic nitrogens is 2. The van der Waals surface area contributed by atoms with Gasteiger partial charge in [0.05, 0.1) is 30.6 Å². The quantitative estimate of drug-likeness (QED) is 0.370. The highest BCUT2D eigenvalue weighted by atomic mass is 16.5. The number of ether oxygens (including phenoxy) is 1. The SMILES string of the molecule is CCCc1ccc(-n2ncc3cc(CC(=O)c4ccc(N5CCOCC5)cc4)ccc32)cc1. The van der Waals surface area contributed by atoms with Gasteiger partial charge < -0.3 is 9.64 Å². The van der Waals surface area contributed by atoms with E-state index in [1.807, 2.05) is 41.2 Å². The Bertz CT molecular complexity index is 1240. The summed E-state index contributed by atoms with van der Waals surface area (Å²) in [5.74, 6) is 0.127. The number of hydrogen-bond acceptors (Lipinski definition) is 4. The summed E-state index contributed by atoms with van der Waals surface area (Å²) in [4.78, 5) is 15.2. The van der Waals surface area contributed by atoms with Crippen LogP contribution in [0.4, 0.5) is 5.69 Å². The van der Waals surface area contributed by atoms with Crippen LogP contribution in [-0.4, -0.2) is 41.9 Å². The molecule has 0 aliphatic carbocycles. The van der Waals surface area contributed by atoms with E-state index in [1.54, 1.807) is 0 Å². The molecule has 0 unspecified atom stereocenters. The van der Waals surface area contributed by atoms with Gasteiger partial charge in [0, 0.05) is 36.1 Å². The van der Waals surface area contributed by atoms with Crippen molar-refractivity contribution in [3.63, 3.8) is 0 Å². The second-order valence-corrected chi connectivity index (χ2v) is 8.61. The van der Waals surface area contributed by atoms with Gasteiger partial charge in [-0.15, -0.1) is 0 Å². The van der Waals surface area contributed by atoms with E-state index in [1.165, 1.54) is 5.56 Å². The summed E-state index contributed by atoms with van der Waals surface area (Å²) in [6.07, 6.45) is 4.49. The van der Waals surface area contributed by atoms with Gasteiger partial charge >= 0.3 is 0 Å². The Morgan fingerprint density at radius 3 is 2.33 bits per heavy atom. The molecule has 2 heterocycles. The largest absolute Gasteiger partial charge is 0.378 e. The number of carbonyl (C=O) groups excluding carboxylic acids is 1. The minimum absolute atomic E-state index is 0.127. The molecule has 0 spiro atoms. The fourth-order valence-corrected chi connectivity index (χ4v) is 4.46. The molecular weight excluding hydrogens is 410 g/mol. The Morgan fingerprint density at radius 2 is 1.61 bits per heavy atom. The van der Waals surface area contributed by atoms with E-state index in [4.69, 9.17) is 4.74 Å². The van der Waals surface area contributed by atoms with Gasteiger partial charge in [-0.05, 0) is 66.1 Å². The number of anilines is 1. The Hall–Kier alpha value is -3.44. The number of ketones is 1. The molecule has 1 saturated heterocycles. The number of morpholine rings is 1. The maximum absolute atomic E-state index is 12.9. The number of rotatable bonds is 7. The van der Waals surface area contributed by atoms with Crippen molar-refractivity contribution in [1.29, 1.82) is 0 Å². The highest BCUT2D eigenvalue weighted by Crippen LogP contribution is 2.22. The van der Waals surface area contributed by atoms with E-state index in [-0.39, 0.29) is 5.78 Å². The van der Waals surface area contributed by atoms with Gasteiger partial charge in [0.25, 0.3) is 0 Å². The first kappa shape index (κ1) is 21.4. The number of nitrogens with zero attached hydrogens (tertiary/aromatic N) is 3. The first-order valence-electron chi connectivity index (χ1n) is 11.7. The maximum atomic E-state index is 12.9. The molecule has 5 nitrogen and oxygen atoms in total. The van der Waals surface area contributed by atoms with Crippen molar-refractivity contribution in [3.05, 3.63) is 89.6 Å². The zero-order valence-electron chi connectivity index (χ0n) is 19.0.